The molecule has 0 aliphatic carbocycles. The van der Waals surface area contributed by atoms with E-state index in [4.69, 9.17) is 15.3 Å². The molecule has 0 aromatic rings. The lowest BCUT2D eigenvalue weighted by atomic mass is 10.0. The quantitative estimate of drug-likeness (QED) is 0.295. The first-order chi connectivity index (χ1) is 8.25. The summed E-state index contributed by atoms with van der Waals surface area (Å²) in [6.45, 7) is 2.62. The Balaban J connectivity index is 4.92. The molecule has 0 saturated carbocycles. The van der Waals surface area contributed by atoms with Crippen LogP contribution in [0.1, 0.15) is 6.92 Å². The highest BCUT2D eigenvalue weighted by atomic mass is 19.4. The molecule has 0 bridgehead atoms. The molecule has 0 rings (SSSR count). The Labute approximate surface area is 103 Å². The predicted octanol–water partition coefficient (Wildman–Crippen LogP) is 0.345. The van der Waals surface area contributed by atoms with Gasteiger partial charge in [-0.2, -0.15) is 22.0 Å². The van der Waals surface area contributed by atoms with Crippen LogP contribution in [0.4, 0.5) is 22.0 Å². The van der Waals surface area contributed by atoms with Gasteiger partial charge in [-0.05, 0) is 6.92 Å². The van der Waals surface area contributed by atoms with Gasteiger partial charge in [0.25, 0.3) is 0 Å². The van der Waals surface area contributed by atoms with Crippen LogP contribution < -0.4 is 0 Å². The van der Waals surface area contributed by atoms with E-state index in [1.807, 2.05) is 0 Å². The number of ether oxygens (including phenoxy) is 1. The van der Waals surface area contributed by atoms with E-state index in [1.165, 1.54) is 0 Å². The lowest BCUT2D eigenvalue weighted by Crippen LogP contribution is -2.64. The van der Waals surface area contributed by atoms with Gasteiger partial charge in [0, 0.05) is 5.57 Å². The van der Waals surface area contributed by atoms with Crippen LogP contribution in [0.2, 0.25) is 0 Å². The third kappa shape index (κ3) is 3.61. The normalized spacial score (nSPS) is 15.0. The summed E-state index contributed by atoms with van der Waals surface area (Å²) in [4.78, 5) is 10.8. The number of carbonyl (C=O) groups is 1. The van der Waals surface area contributed by atoms with E-state index in [0.29, 0.717) is 0 Å². The highest BCUT2D eigenvalue weighted by Gasteiger charge is 2.71. The number of aliphatic hydroxyl groups excluding tert-OH is 1. The molecule has 0 aliphatic rings. The number of hydrogen-bond donors (Lipinski definition) is 3. The lowest BCUT2D eigenvalue weighted by molar-refractivity contribution is -0.429. The van der Waals surface area contributed by atoms with Gasteiger partial charge in [0.15, 0.2) is 6.10 Å². The second-order valence-corrected chi connectivity index (χ2v) is 3.69. The topological polar surface area (TPSA) is 87.0 Å². The molecule has 1 unspecified atom stereocenters. The molecular formula is C9H11F5O5. The van der Waals surface area contributed by atoms with E-state index >= 15 is 0 Å². The van der Waals surface area contributed by atoms with Crippen LogP contribution in [0.5, 0.6) is 0 Å². The summed E-state index contributed by atoms with van der Waals surface area (Å²) in [5.74, 6) is -12.1. The lowest BCUT2D eigenvalue weighted by Gasteiger charge is -2.34. The monoisotopic (exact) mass is 294 g/mol. The number of carbonyl (C=O) groups excluding carboxylic acids is 1. The van der Waals surface area contributed by atoms with Crippen LogP contribution >= 0.6 is 0 Å². The molecule has 0 aromatic carbocycles. The van der Waals surface area contributed by atoms with E-state index in [2.05, 4.69) is 11.3 Å². The van der Waals surface area contributed by atoms with Crippen molar-refractivity contribution in [3.63, 3.8) is 0 Å². The molecule has 19 heavy (non-hydrogen) atoms. The fourth-order valence-electron chi connectivity index (χ4n) is 0.804. The highest BCUT2D eigenvalue weighted by molar-refractivity contribution is 5.86. The largest absolute Gasteiger partial charge is 0.459 e. The molecule has 0 aromatic heterocycles. The first-order valence-electron chi connectivity index (χ1n) is 4.65. The van der Waals surface area contributed by atoms with Gasteiger partial charge in [-0.15, -0.1) is 0 Å². The standard InChI is InChI=1S/C9H11F5O5/c1-4(2)6(16)19-3-5(15)7(10,11)8(17,18)9(12,13)14/h5,15,17-18H,1,3H2,2H3. The number of esters is 1. The van der Waals surface area contributed by atoms with Gasteiger partial charge in [0.2, 0.25) is 0 Å². The summed E-state index contributed by atoms with van der Waals surface area (Å²) in [5.41, 5.74) is -0.245. The zero-order valence-corrected chi connectivity index (χ0v) is 9.54. The Bertz CT molecular complexity index is 363. The average Bonchev–Trinajstić information content (AvgIpc) is 2.22. The molecule has 0 radical (unpaired) electrons. The smallest absolute Gasteiger partial charge is 0.449 e. The van der Waals surface area contributed by atoms with Crippen LogP contribution in [0.25, 0.3) is 0 Å². The van der Waals surface area contributed by atoms with E-state index in [9.17, 15) is 26.7 Å². The van der Waals surface area contributed by atoms with Crippen molar-refractivity contribution in [2.75, 3.05) is 6.61 Å². The van der Waals surface area contributed by atoms with Crippen molar-refractivity contribution in [2.45, 2.75) is 30.9 Å². The van der Waals surface area contributed by atoms with E-state index in [1.54, 1.807) is 0 Å². The SMILES string of the molecule is C=C(C)C(=O)OCC(O)C(F)(F)C(O)(O)C(F)(F)F. The summed E-state index contributed by atoms with van der Waals surface area (Å²) >= 11 is 0. The van der Waals surface area contributed by atoms with Crippen molar-refractivity contribution in [3.05, 3.63) is 12.2 Å². The van der Waals surface area contributed by atoms with Crippen LogP contribution in [-0.4, -0.2) is 51.9 Å². The Morgan fingerprint density at radius 2 is 1.68 bits per heavy atom. The summed E-state index contributed by atoms with van der Waals surface area (Å²) in [6, 6.07) is 0. The molecule has 3 N–H and O–H groups in total. The molecule has 0 amide bonds. The van der Waals surface area contributed by atoms with Gasteiger partial charge in [-0.25, -0.2) is 4.79 Å². The number of aliphatic hydroxyl groups is 3. The Hall–Kier alpha value is -1.26. The minimum atomic E-state index is -6.12. The van der Waals surface area contributed by atoms with Crippen molar-refractivity contribution in [2.24, 2.45) is 0 Å². The summed E-state index contributed by atoms with van der Waals surface area (Å²) in [5, 5.41) is 25.6. The van der Waals surface area contributed by atoms with Crippen molar-refractivity contribution in [1.29, 1.82) is 0 Å². The maximum Gasteiger partial charge on any atom is 0.449 e. The fourth-order valence-corrected chi connectivity index (χ4v) is 0.804. The third-order valence-corrected chi connectivity index (χ3v) is 2.00. The fraction of sp³-hybridized carbons (Fsp3) is 0.667. The minimum Gasteiger partial charge on any atom is -0.459 e. The highest BCUT2D eigenvalue weighted by Crippen LogP contribution is 2.42. The zero-order valence-electron chi connectivity index (χ0n) is 9.54. The first kappa shape index (κ1) is 17.7. The second-order valence-electron chi connectivity index (χ2n) is 3.69. The number of rotatable bonds is 5. The molecule has 112 valence electrons. The van der Waals surface area contributed by atoms with Gasteiger partial charge in [-0.3, -0.25) is 0 Å². The second kappa shape index (κ2) is 5.39. The number of alkyl halides is 5. The first-order valence-corrected chi connectivity index (χ1v) is 4.65. The predicted molar refractivity (Wildman–Crippen MR) is 50.0 cm³/mol. The molecular weight excluding hydrogens is 283 g/mol. The molecule has 5 nitrogen and oxygen atoms in total. The van der Waals surface area contributed by atoms with Crippen LogP contribution in [0, 0.1) is 0 Å². The molecule has 1 atom stereocenters. The van der Waals surface area contributed by atoms with Gasteiger partial charge in [0.1, 0.15) is 6.61 Å². The zero-order chi connectivity index (χ0) is 15.6. The van der Waals surface area contributed by atoms with Crippen LogP contribution in [0.15, 0.2) is 12.2 Å². The van der Waals surface area contributed by atoms with E-state index < -0.39 is 36.6 Å². The molecule has 0 spiro atoms. The van der Waals surface area contributed by atoms with E-state index in [0.717, 1.165) is 6.92 Å². The van der Waals surface area contributed by atoms with Crippen molar-refractivity contribution < 1.29 is 46.8 Å². The van der Waals surface area contributed by atoms with Gasteiger partial charge >= 0.3 is 23.9 Å². The molecule has 0 heterocycles. The maximum atomic E-state index is 13.1. The van der Waals surface area contributed by atoms with Crippen LogP contribution in [0.3, 0.4) is 0 Å². The Morgan fingerprint density at radius 1 is 1.26 bits per heavy atom. The molecule has 0 saturated heterocycles. The summed E-state index contributed by atoms with van der Waals surface area (Å²) < 4.78 is 66.1. The molecule has 0 fully saturated rings. The Kier molecular flexibility index (Phi) is 5.03. The third-order valence-electron chi connectivity index (χ3n) is 2.00. The molecule has 10 heteroatoms. The minimum absolute atomic E-state index is 0.245. The van der Waals surface area contributed by atoms with Crippen molar-refractivity contribution in [3.8, 4) is 0 Å². The van der Waals surface area contributed by atoms with Gasteiger partial charge in [-0.1, -0.05) is 6.58 Å². The number of hydrogen-bond acceptors (Lipinski definition) is 5. The van der Waals surface area contributed by atoms with E-state index in [-0.39, 0.29) is 5.57 Å². The van der Waals surface area contributed by atoms with Gasteiger partial charge < -0.3 is 20.1 Å². The van der Waals surface area contributed by atoms with Crippen molar-refractivity contribution in [1.82, 2.24) is 0 Å². The maximum absolute atomic E-state index is 13.1. The average molecular weight is 294 g/mol. The number of halogens is 5. The van der Waals surface area contributed by atoms with Gasteiger partial charge in [0.05, 0.1) is 0 Å². The summed E-state index contributed by atoms with van der Waals surface area (Å²) in [7, 11) is 0. The molecule has 0 aliphatic heterocycles. The van der Waals surface area contributed by atoms with Crippen LogP contribution in [-0.2, 0) is 9.53 Å². The van der Waals surface area contributed by atoms with Crippen molar-refractivity contribution >= 4 is 5.97 Å². The Morgan fingerprint density at radius 3 is 2.00 bits per heavy atom. The summed E-state index contributed by atoms with van der Waals surface area (Å²) in [6.07, 6.45) is -9.39.